The zero-order chi connectivity index (χ0) is 17.9. The molecule has 0 fully saturated rings. The van der Waals surface area contributed by atoms with Gasteiger partial charge in [-0.1, -0.05) is 12.7 Å². The van der Waals surface area contributed by atoms with Crippen molar-refractivity contribution in [2.24, 2.45) is 0 Å². The highest BCUT2D eigenvalue weighted by atomic mass is 79.9. The van der Waals surface area contributed by atoms with Crippen molar-refractivity contribution in [1.82, 2.24) is 0 Å². The topological polar surface area (TPSA) is 77.8 Å². The van der Waals surface area contributed by atoms with Crippen LogP contribution in [0.25, 0.3) is 6.08 Å². The fourth-order valence-corrected chi connectivity index (χ4v) is 2.28. The quantitative estimate of drug-likeness (QED) is 0.210. The normalized spacial score (nSPS) is 10.7. The molecule has 0 unspecified atom stereocenters. The van der Waals surface area contributed by atoms with Crippen molar-refractivity contribution < 1.29 is 23.7 Å². The summed E-state index contributed by atoms with van der Waals surface area (Å²) in [5.74, 6) is 0.259. The van der Waals surface area contributed by atoms with Crippen molar-refractivity contribution in [3.63, 3.8) is 0 Å². The molecule has 128 valence electrons. The lowest BCUT2D eigenvalue weighted by Gasteiger charge is -2.12. The first kappa shape index (κ1) is 19.7. The zero-order valence-electron chi connectivity index (χ0n) is 13.5. The summed E-state index contributed by atoms with van der Waals surface area (Å²) >= 11 is 3.38. The summed E-state index contributed by atoms with van der Waals surface area (Å²) in [5.41, 5.74) is 0.463. The molecular weight excluding hydrogens is 378 g/mol. The van der Waals surface area contributed by atoms with E-state index >= 15 is 0 Å². The lowest BCUT2D eigenvalue weighted by atomic mass is 10.1. The van der Waals surface area contributed by atoms with Crippen LogP contribution in [0.2, 0.25) is 0 Å². The number of hydrogen-bond acceptors (Lipinski definition) is 6. The minimum absolute atomic E-state index is 0.0791. The van der Waals surface area contributed by atoms with E-state index in [2.05, 4.69) is 22.5 Å². The number of methoxy groups -OCH3 is 2. The minimum atomic E-state index is -0.711. The van der Waals surface area contributed by atoms with Crippen LogP contribution in [0, 0.1) is 11.3 Å². The molecule has 0 spiro atoms. The lowest BCUT2D eigenvalue weighted by Crippen LogP contribution is -2.11. The molecule has 6 nitrogen and oxygen atoms in total. The lowest BCUT2D eigenvalue weighted by molar-refractivity contribution is -0.139. The Morgan fingerprint density at radius 1 is 1.38 bits per heavy atom. The van der Waals surface area contributed by atoms with Crippen molar-refractivity contribution >= 4 is 28.0 Å². The van der Waals surface area contributed by atoms with E-state index in [-0.39, 0.29) is 18.8 Å². The number of benzene rings is 1. The van der Waals surface area contributed by atoms with Gasteiger partial charge in [-0.2, -0.15) is 5.26 Å². The molecule has 0 aromatic heterocycles. The van der Waals surface area contributed by atoms with Gasteiger partial charge in [0.2, 0.25) is 0 Å². The Balaban J connectivity index is 3.07. The van der Waals surface area contributed by atoms with Gasteiger partial charge >= 0.3 is 5.97 Å². The van der Waals surface area contributed by atoms with Crippen LogP contribution in [0.5, 0.6) is 11.5 Å². The van der Waals surface area contributed by atoms with Gasteiger partial charge < -0.3 is 18.9 Å². The highest BCUT2D eigenvalue weighted by molar-refractivity contribution is 9.10. The van der Waals surface area contributed by atoms with E-state index in [0.717, 1.165) is 0 Å². The molecule has 7 heteroatoms. The first-order valence-corrected chi connectivity index (χ1v) is 7.75. The highest BCUT2D eigenvalue weighted by Gasteiger charge is 2.14. The molecule has 0 aliphatic carbocycles. The Morgan fingerprint density at radius 3 is 2.71 bits per heavy atom. The number of esters is 1. The third kappa shape index (κ3) is 5.72. The molecule has 24 heavy (non-hydrogen) atoms. The van der Waals surface area contributed by atoms with Crippen molar-refractivity contribution in [2.75, 3.05) is 34.0 Å². The van der Waals surface area contributed by atoms with E-state index in [1.54, 1.807) is 18.2 Å². The summed E-state index contributed by atoms with van der Waals surface area (Å²) in [5, 5.41) is 9.15. The fraction of sp³-hybridized carbons (Fsp3) is 0.294. The maximum atomic E-state index is 11.9. The second-order valence-electron chi connectivity index (χ2n) is 4.43. The molecule has 1 aromatic carbocycles. The molecule has 1 rings (SSSR count). The fourth-order valence-electron chi connectivity index (χ4n) is 1.70. The average Bonchev–Trinajstić information content (AvgIpc) is 2.58. The SMILES string of the molecule is C=CCOc1c(Br)cc(/C=C(\C#N)C(=O)OCCOC)cc1OC. The van der Waals surface area contributed by atoms with Crippen LogP contribution in [0.15, 0.2) is 34.8 Å². The van der Waals surface area contributed by atoms with Crippen molar-refractivity contribution in [3.05, 3.63) is 40.4 Å². The minimum Gasteiger partial charge on any atom is -0.493 e. The van der Waals surface area contributed by atoms with Crippen LogP contribution < -0.4 is 9.47 Å². The number of carbonyl (C=O) groups is 1. The van der Waals surface area contributed by atoms with Gasteiger partial charge in [-0.15, -0.1) is 0 Å². The molecule has 0 heterocycles. The Bertz CT molecular complexity index is 664. The number of ether oxygens (including phenoxy) is 4. The van der Waals surface area contributed by atoms with E-state index in [1.807, 2.05) is 6.07 Å². The van der Waals surface area contributed by atoms with Crippen LogP contribution in [0.1, 0.15) is 5.56 Å². The second-order valence-corrected chi connectivity index (χ2v) is 5.29. The average molecular weight is 396 g/mol. The molecular formula is C17H18BrNO5. The summed E-state index contributed by atoms with van der Waals surface area (Å²) in [6, 6.07) is 5.19. The molecule has 0 radical (unpaired) electrons. The molecule has 0 atom stereocenters. The molecule has 0 N–H and O–H groups in total. The zero-order valence-corrected chi connectivity index (χ0v) is 15.1. The molecule has 0 aliphatic rings. The van der Waals surface area contributed by atoms with Gasteiger partial charge in [-0.05, 0) is 39.7 Å². The van der Waals surface area contributed by atoms with Gasteiger partial charge in [0, 0.05) is 7.11 Å². The number of halogens is 1. The standard InChI is InChI=1S/C17H18BrNO5/c1-4-5-23-16-14(18)9-12(10-15(16)22-3)8-13(11-19)17(20)24-7-6-21-2/h4,8-10H,1,5-7H2,2-3H3/b13-8+. The number of hydrogen-bond donors (Lipinski definition) is 0. The summed E-state index contributed by atoms with van der Waals surface area (Å²) in [6.07, 6.45) is 3.03. The molecule has 1 aromatic rings. The van der Waals surface area contributed by atoms with E-state index in [0.29, 0.717) is 28.1 Å². The van der Waals surface area contributed by atoms with Gasteiger partial charge in [-0.25, -0.2) is 4.79 Å². The maximum Gasteiger partial charge on any atom is 0.348 e. The Labute approximate surface area is 149 Å². The molecule has 0 saturated carbocycles. The van der Waals surface area contributed by atoms with Gasteiger partial charge in [-0.3, -0.25) is 0 Å². The first-order valence-electron chi connectivity index (χ1n) is 6.96. The van der Waals surface area contributed by atoms with E-state index in [1.165, 1.54) is 20.3 Å². The summed E-state index contributed by atoms with van der Waals surface area (Å²) < 4.78 is 21.2. The molecule has 0 aliphatic heterocycles. The Hall–Kier alpha value is -2.30. The van der Waals surface area contributed by atoms with Gasteiger partial charge in [0.05, 0.1) is 18.2 Å². The molecule has 0 amide bonds. The highest BCUT2D eigenvalue weighted by Crippen LogP contribution is 2.37. The van der Waals surface area contributed by atoms with E-state index in [4.69, 9.17) is 24.2 Å². The van der Waals surface area contributed by atoms with Crippen LogP contribution in [0.3, 0.4) is 0 Å². The predicted octanol–water partition coefficient (Wildman–Crippen LogP) is 3.12. The summed E-state index contributed by atoms with van der Waals surface area (Å²) in [6.45, 7) is 4.25. The Kier molecular flexibility index (Phi) is 8.61. The number of rotatable bonds is 9. The maximum absolute atomic E-state index is 11.9. The summed E-state index contributed by atoms with van der Waals surface area (Å²) in [4.78, 5) is 11.9. The number of carbonyl (C=O) groups excluding carboxylic acids is 1. The predicted molar refractivity (Wildman–Crippen MR) is 92.8 cm³/mol. The first-order chi connectivity index (χ1) is 11.6. The summed E-state index contributed by atoms with van der Waals surface area (Å²) in [7, 11) is 2.99. The smallest absolute Gasteiger partial charge is 0.348 e. The van der Waals surface area contributed by atoms with Gasteiger partial charge in [0.1, 0.15) is 24.9 Å². The largest absolute Gasteiger partial charge is 0.493 e. The molecule has 0 bridgehead atoms. The van der Waals surface area contributed by atoms with Crippen molar-refractivity contribution in [3.8, 4) is 17.6 Å². The van der Waals surface area contributed by atoms with Crippen LogP contribution in [-0.4, -0.2) is 40.0 Å². The van der Waals surface area contributed by atoms with Crippen LogP contribution in [0.4, 0.5) is 0 Å². The number of nitrogens with zero attached hydrogens (tertiary/aromatic N) is 1. The third-order valence-corrected chi connectivity index (χ3v) is 3.36. The molecule has 0 saturated heterocycles. The van der Waals surface area contributed by atoms with E-state index in [9.17, 15) is 4.79 Å². The number of nitriles is 1. The second kappa shape index (κ2) is 10.5. The van der Waals surface area contributed by atoms with Crippen LogP contribution >= 0.6 is 15.9 Å². The van der Waals surface area contributed by atoms with Gasteiger partial charge in [0.15, 0.2) is 11.5 Å². The van der Waals surface area contributed by atoms with Crippen LogP contribution in [-0.2, 0) is 14.3 Å². The van der Waals surface area contributed by atoms with Gasteiger partial charge in [0.25, 0.3) is 0 Å². The van der Waals surface area contributed by atoms with Crippen molar-refractivity contribution in [1.29, 1.82) is 5.26 Å². The van der Waals surface area contributed by atoms with E-state index < -0.39 is 5.97 Å². The monoisotopic (exact) mass is 395 g/mol. The third-order valence-electron chi connectivity index (χ3n) is 2.77. The van der Waals surface area contributed by atoms with Crippen molar-refractivity contribution in [2.45, 2.75) is 0 Å². The Morgan fingerprint density at radius 2 is 2.12 bits per heavy atom.